The van der Waals surface area contributed by atoms with Crippen LogP contribution < -0.4 is 0 Å². The van der Waals surface area contributed by atoms with E-state index in [1.807, 2.05) is 0 Å². The summed E-state index contributed by atoms with van der Waals surface area (Å²) in [4.78, 5) is 0. The van der Waals surface area contributed by atoms with Gasteiger partial charge in [-0.1, -0.05) is 105 Å². The van der Waals surface area contributed by atoms with Crippen LogP contribution in [0.4, 0.5) is 0 Å². The molecule has 0 bridgehead atoms. The van der Waals surface area contributed by atoms with Crippen LogP contribution in [0.15, 0.2) is 35.5 Å². The first kappa shape index (κ1) is 34.1. The quantitative estimate of drug-likeness (QED) is 0.208. The Morgan fingerprint density at radius 2 is 1.45 bits per heavy atom. The molecule has 0 saturated heterocycles. The van der Waals surface area contributed by atoms with Gasteiger partial charge in [0.1, 0.15) is 0 Å². The molecule has 3 fully saturated rings. The number of hydrogen-bond acceptors (Lipinski definition) is 2. The molecule has 3 saturated carbocycles. The van der Waals surface area contributed by atoms with E-state index in [1.165, 1.54) is 56.1 Å². The van der Waals surface area contributed by atoms with Gasteiger partial charge in [-0.3, -0.25) is 0 Å². The highest BCUT2D eigenvalue weighted by Crippen LogP contribution is 2.60. The van der Waals surface area contributed by atoms with Crippen molar-refractivity contribution in [3.8, 4) is 0 Å². The SMILES string of the molecule is C=C1[C@@H](O[Si](C)(C)C(C)(C)C)CC(=C/C=C2\CCC[C@]3(C)C([C@@H](C)CCC)CC[C@@H]23)C[C@H]1O[Si](C)(C)C(C)(C)C. The molecule has 0 radical (unpaired) electrons. The second-order valence-corrected chi connectivity index (χ2v) is 26.7. The Balaban J connectivity index is 1.91. The summed E-state index contributed by atoms with van der Waals surface area (Å²) >= 11 is 0. The van der Waals surface area contributed by atoms with Crippen LogP contribution in [-0.2, 0) is 8.85 Å². The molecule has 230 valence electrons. The van der Waals surface area contributed by atoms with Gasteiger partial charge in [0, 0.05) is 0 Å². The molecule has 6 atom stereocenters. The predicted octanol–water partition coefficient (Wildman–Crippen LogP) is 11.6. The third-order valence-electron chi connectivity index (χ3n) is 12.2. The minimum absolute atomic E-state index is 0.0523. The highest BCUT2D eigenvalue weighted by molar-refractivity contribution is 6.74. The van der Waals surface area contributed by atoms with Crippen LogP contribution in [0.2, 0.25) is 36.3 Å². The first-order chi connectivity index (χ1) is 18.2. The van der Waals surface area contributed by atoms with E-state index in [2.05, 4.69) is 107 Å². The van der Waals surface area contributed by atoms with Crippen LogP contribution in [0, 0.1) is 23.2 Å². The lowest BCUT2D eigenvalue weighted by atomic mass is 9.61. The average Bonchev–Trinajstić information content (AvgIpc) is 3.16. The van der Waals surface area contributed by atoms with E-state index in [0.29, 0.717) is 5.41 Å². The molecular formula is C36H66O2Si2. The molecule has 0 N–H and O–H groups in total. The number of fused-ring (bicyclic) bond motifs is 1. The fourth-order valence-electron chi connectivity index (χ4n) is 7.56. The Morgan fingerprint density at radius 1 is 0.925 bits per heavy atom. The molecule has 0 spiro atoms. The van der Waals surface area contributed by atoms with Crippen LogP contribution in [0.3, 0.4) is 0 Å². The number of hydrogen-bond donors (Lipinski definition) is 0. The minimum Gasteiger partial charge on any atom is -0.410 e. The van der Waals surface area contributed by atoms with Gasteiger partial charge in [0.25, 0.3) is 0 Å². The van der Waals surface area contributed by atoms with Gasteiger partial charge in [0.15, 0.2) is 16.6 Å². The molecule has 0 aromatic carbocycles. The molecule has 2 nitrogen and oxygen atoms in total. The maximum absolute atomic E-state index is 7.07. The lowest BCUT2D eigenvalue weighted by Crippen LogP contribution is -2.49. The number of allylic oxidation sites excluding steroid dienone is 3. The van der Waals surface area contributed by atoms with Crippen LogP contribution in [-0.4, -0.2) is 28.8 Å². The van der Waals surface area contributed by atoms with E-state index in [-0.39, 0.29) is 22.3 Å². The van der Waals surface area contributed by atoms with Gasteiger partial charge in [0.2, 0.25) is 0 Å². The van der Waals surface area contributed by atoms with Crippen molar-refractivity contribution in [1.29, 1.82) is 0 Å². The zero-order valence-electron chi connectivity index (χ0n) is 28.9. The summed E-state index contributed by atoms with van der Waals surface area (Å²) < 4.78 is 14.1. The molecule has 4 heteroatoms. The highest BCUT2D eigenvalue weighted by Gasteiger charge is 2.50. The normalized spacial score (nSPS) is 33.5. The van der Waals surface area contributed by atoms with Gasteiger partial charge in [-0.15, -0.1) is 0 Å². The van der Waals surface area contributed by atoms with Gasteiger partial charge in [0.05, 0.1) is 12.2 Å². The van der Waals surface area contributed by atoms with Crippen LogP contribution in [0.5, 0.6) is 0 Å². The van der Waals surface area contributed by atoms with Gasteiger partial charge in [-0.05, 0) is 110 Å². The Kier molecular flexibility index (Phi) is 10.5. The van der Waals surface area contributed by atoms with Crippen molar-refractivity contribution in [2.75, 3.05) is 0 Å². The minimum atomic E-state index is -1.94. The topological polar surface area (TPSA) is 18.5 Å². The summed E-state index contributed by atoms with van der Waals surface area (Å²) in [6, 6.07) is 0. The molecule has 40 heavy (non-hydrogen) atoms. The van der Waals surface area contributed by atoms with Crippen molar-refractivity contribution < 1.29 is 8.85 Å². The highest BCUT2D eigenvalue weighted by atomic mass is 28.4. The Hall–Kier alpha value is -0.426. The summed E-state index contributed by atoms with van der Waals surface area (Å²) in [7, 11) is -3.89. The van der Waals surface area contributed by atoms with Crippen molar-refractivity contribution >= 4 is 16.6 Å². The van der Waals surface area contributed by atoms with Gasteiger partial charge in [-0.25, -0.2) is 0 Å². The molecule has 0 aromatic heterocycles. The summed E-state index contributed by atoms with van der Waals surface area (Å²) in [5.74, 6) is 2.50. The molecule has 1 unspecified atom stereocenters. The predicted molar refractivity (Wildman–Crippen MR) is 181 cm³/mol. The first-order valence-corrected chi connectivity index (χ1v) is 22.5. The second-order valence-electron chi connectivity index (χ2n) is 17.1. The standard InChI is InChI=1S/C36H66O2Si2/c1-15-17-26(2)30-21-22-31-29(18-16-23-36(30,31)10)20-19-28-24-32(37-39(11,12)34(4,5)6)27(3)33(25-28)38-40(13,14)35(7,8)9/h19-20,26,30-33H,3,15-18,21-25H2,1-2,4-14H3/b28-19?,29-20+/t26-,30?,31-,32-,33+,36+/m0/s1. The van der Waals surface area contributed by atoms with E-state index >= 15 is 0 Å². The van der Waals surface area contributed by atoms with Crippen LogP contribution in [0.25, 0.3) is 0 Å². The fourth-order valence-corrected chi connectivity index (χ4v) is 10.2. The third-order valence-corrected chi connectivity index (χ3v) is 21.2. The summed E-state index contributed by atoms with van der Waals surface area (Å²) in [5.41, 5.74) is 4.88. The smallest absolute Gasteiger partial charge is 0.192 e. The van der Waals surface area contributed by atoms with Crippen LogP contribution in [0.1, 0.15) is 120 Å². The van der Waals surface area contributed by atoms with E-state index in [9.17, 15) is 0 Å². The van der Waals surface area contributed by atoms with E-state index in [4.69, 9.17) is 8.85 Å². The van der Waals surface area contributed by atoms with E-state index < -0.39 is 16.6 Å². The maximum atomic E-state index is 7.07. The fraction of sp³-hybridized carbons (Fsp3) is 0.833. The lowest BCUT2D eigenvalue weighted by Gasteiger charge is -2.46. The molecule has 0 amide bonds. The Labute approximate surface area is 252 Å². The van der Waals surface area contributed by atoms with E-state index in [0.717, 1.165) is 30.6 Å². The molecular weight excluding hydrogens is 521 g/mol. The van der Waals surface area contributed by atoms with Gasteiger partial charge >= 0.3 is 0 Å². The third kappa shape index (κ3) is 7.20. The maximum Gasteiger partial charge on any atom is 0.192 e. The lowest BCUT2D eigenvalue weighted by molar-refractivity contribution is 0.0940. The molecule has 0 heterocycles. The van der Waals surface area contributed by atoms with Gasteiger partial charge in [-0.2, -0.15) is 0 Å². The van der Waals surface area contributed by atoms with Crippen molar-refractivity contribution in [2.45, 2.75) is 169 Å². The average molecular weight is 587 g/mol. The zero-order chi connectivity index (χ0) is 30.3. The molecule has 0 aliphatic heterocycles. The van der Waals surface area contributed by atoms with E-state index in [1.54, 1.807) is 5.57 Å². The van der Waals surface area contributed by atoms with Gasteiger partial charge < -0.3 is 8.85 Å². The molecule has 3 aliphatic rings. The van der Waals surface area contributed by atoms with Crippen molar-refractivity contribution in [3.63, 3.8) is 0 Å². The summed E-state index contributed by atoms with van der Waals surface area (Å²) in [6.45, 7) is 35.7. The molecule has 3 aliphatic carbocycles. The van der Waals surface area contributed by atoms with Crippen LogP contribution >= 0.6 is 0 Å². The monoisotopic (exact) mass is 586 g/mol. The largest absolute Gasteiger partial charge is 0.410 e. The molecule has 0 aromatic rings. The first-order valence-electron chi connectivity index (χ1n) is 16.7. The Morgan fingerprint density at radius 3 is 1.93 bits per heavy atom. The summed E-state index contributed by atoms with van der Waals surface area (Å²) in [5, 5.41) is 0.347. The summed E-state index contributed by atoms with van der Waals surface area (Å²) in [6.07, 6.45) is 16.6. The molecule has 3 rings (SSSR count). The number of rotatable bonds is 8. The zero-order valence-corrected chi connectivity index (χ0v) is 30.9. The second kappa shape index (κ2) is 12.3. The van der Waals surface area contributed by atoms with Crippen molar-refractivity contribution in [3.05, 3.63) is 35.5 Å². The van der Waals surface area contributed by atoms with Crippen molar-refractivity contribution in [2.24, 2.45) is 23.2 Å². The Bertz CT molecular complexity index is 918. The van der Waals surface area contributed by atoms with Crippen molar-refractivity contribution in [1.82, 2.24) is 0 Å².